The molecule has 0 heterocycles. The lowest BCUT2D eigenvalue weighted by molar-refractivity contribution is 0.403. The maximum Gasteiger partial charge on any atom is 0.251 e. The van der Waals surface area contributed by atoms with E-state index >= 15 is 0 Å². The Morgan fingerprint density at radius 3 is 2.35 bits per heavy atom. The highest BCUT2D eigenvalue weighted by Gasteiger charge is 2.39. The van der Waals surface area contributed by atoms with Crippen molar-refractivity contribution in [1.82, 2.24) is 0 Å². The van der Waals surface area contributed by atoms with E-state index in [2.05, 4.69) is 45.7 Å². The lowest BCUT2D eigenvalue weighted by atomic mass is 10.2. The molecule has 0 aromatic rings. The Morgan fingerprint density at radius 2 is 1.94 bits per heavy atom. The second-order valence-corrected chi connectivity index (χ2v) is 10.2. The third-order valence-corrected chi connectivity index (χ3v) is 7.28. The molecule has 0 atom stereocenters. The molecule has 17 heavy (non-hydrogen) atoms. The summed E-state index contributed by atoms with van der Waals surface area (Å²) in [7, 11) is -1.91. The molecule has 3 heteroatoms. The quantitative estimate of drug-likeness (QED) is 0.241. The van der Waals surface area contributed by atoms with Gasteiger partial charge in [0, 0.05) is 0 Å². The Kier molecular flexibility index (Phi) is 6.02. The number of hydrogen-bond acceptors (Lipinski definition) is 2. The molecule has 0 unspecified atom stereocenters. The van der Waals surface area contributed by atoms with Crippen LogP contribution in [0.3, 0.4) is 0 Å². The van der Waals surface area contributed by atoms with E-state index in [9.17, 15) is 0 Å². The van der Waals surface area contributed by atoms with E-state index in [4.69, 9.17) is 9.69 Å². The lowest BCUT2D eigenvalue weighted by Crippen LogP contribution is -2.40. The smallest absolute Gasteiger partial charge is 0.251 e. The minimum atomic E-state index is -1.91. The molecule has 0 aromatic heterocycles. The fourth-order valence-electron chi connectivity index (χ4n) is 0.832. The number of rotatable bonds is 4. The van der Waals surface area contributed by atoms with Crippen LogP contribution in [0.15, 0.2) is 29.7 Å². The van der Waals surface area contributed by atoms with Gasteiger partial charge in [0.05, 0.1) is 0 Å². The summed E-state index contributed by atoms with van der Waals surface area (Å²) in [6.07, 6.45) is 6.27. The third kappa shape index (κ3) is 5.58. The molecule has 0 saturated carbocycles. The van der Waals surface area contributed by atoms with Crippen LogP contribution in [0.2, 0.25) is 18.1 Å². The molecule has 0 rings (SSSR count). The van der Waals surface area contributed by atoms with E-state index in [0.717, 1.165) is 6.42 Å². The Labute approximate surface area is 106 Å². The van der Waals surface area contributed by atoms with Crippen molar-refractivity contribution in [2.45, 2.75) is 52.2 Å². The minimum Gasteiger partial charge on any atom is -0.536 e. The summed E-state index contributed by atoms with van der Waals surface area (Å²) in [6, 6.07) is 2.10. The molecular weight excluding hydrogens is 226 g/mol. The Hall–Kier alpha value is -1.23. The van der Waals surface area contributed by atoms with Crippen LogP contribution >= 0.6 is 0 Å². The van der Waals surface area contributed by atoms with Crippen LogP contribution in [0, 0.1) is 11.3 Å². The molecule has 0 aliphatic carbocycles. The number of hydrogen-bond donors (Lipinski definition) is 0. The highest BCUT2D eigenvalue weighted by atomic mass is 28.4. The van der Waals surface area contributed by atoms with Gasteiger partial charge in [-0.25, -0.2) is 0 Å². The Balaban J connectivity index is 4.86. The van der Waals surface area contributed by atoms with E-state index < -0.39 is 8.32 Å². The van der Waals surface area contributed by atoms with Gasteiger partial charge in [0.15, 0.2) is 5.76 Å². The summed E-state index contributed by atoms with van der Waals surface area (Å²) >= 11 is 0. The first-order chi connectivity index (χ1) is 7.74. The number of nitriles is 1. The highest BCUT2D eigenvalue weighted by molar-refractivity contribution is 6.74. The second-order valence-electron chi connectivity index (χ2n) is 5.45. The standard InChI is InChI=1S/C14H23NOSi/c1-7-8-9-10-11-13(12-15)16-17(5,6)14(2,3)4/h8,10-11H,7H2,1-6H3/b13-11+. The predicted molar refractivity (Wildman–Crippen MR) is 74.9 cm³/mol. The first-order valence-electron chi connectivity index (χ1n) is 5.95. The second kappa shape index (κ2) is 6.49. The first kappa shape index (κ1) is 15.8. The van der Waals surface area contributed by atoms with E-state index in [1.807, 2.05) is 13.0 Å². The molecule has 0 amide bonds. The van der Waals surface area contributed by atoms with Gasteiger partial charge in [0.25, 0.3) is 8.32 Å². The van der Waals surface area contributed by atoms with Gasteiger partial charge in [-0.15, -0.1) is 5.73 Å². The molecule has 0 fully saturated rings. The van der Waals surface area contributed by atoms with Crippen molar-refractivity contribution in [3.05, 3.63) is 29.7 Å². The summed E-state index contributed by atoms with van der Waals surface area (Å²) in [6.45, 7) is 12.8. The normalized spacial score (nSPS) is 12.4. The summed E-state index contributed by atoms with van der Waals surface area (Å²) in [5.74, 6) is 0.383. The van der Waals surface area contributed by atoms with Crippen LogP contribution in [0.25, 0.3) is 0 Å². The summed E-state index contributed by atoms with van der Waals surface area (Å²) < 4.78 is 5.89. The van der Waals surface area contributed by atoms with Crippen molar-refractivity contribution in [3.8, 4) is 6.07 Å². The zero-order valence-corrected chi connectivity index (χ0v) is 12.8. The SMILES string of the molecule is CCC=C=C/C=C(\C#N)O[Si](C)(C)C(C)(C)C. The van der Waals surface area contributed by atoms with E-state index in [1.165, 1.54) is 0 Å². The summed E-state index contributed by atoms with van der Waals surface area (Å²) in [5.41, 5.74) is 2.98. The van der Waals surface area contributed by atoms with Gasteiger partial charge in [0.2, 0.25) is 0 Å². The molecule has 0 radical (unpaired) electrons. The van der Waals surface area contributed by atoms with E-state index in [1.54, 1.807) is 12.2 Å². The molecule has 0 aliphatic rings. The van der Waals surface area contributed by atoms with Crippen LogP contribution in [0.5, 0.6) is 0 Å². The van der Waals surface area contributed by atoms with Crippen LogP contribution in [-0.4, -0.2) is 8.32 Å². The maximum absolute atomic E-state index is 9.03. The molecule has 2 nitrogen and oxygen atoms in total. The molecule has 0 saturated heterocycles. The average molecular weight is 249 g/mol. The molecule has 0 aliphatic heterocycles. The third-order valence-electron chi connectivity index (χ3n) is 2.93. The van der Waals surface area contributed by atoms with Crippen molar-refractivity contribution in [3.63, 3.8) is 0 Å². The molecule has 94 valence electrons. The van der Waals surface area contributed by atoms with Crippen molar-refractivity contribution >= 4 is 8.32 Å². The van der Waals surface area contributed by atoms with Gasteiger partial charge < -0.3 is 4.43 Å². The average Bonchev–Trinajstić information content (AvgIpc) is 2.20. The molecular formula is C14H23NOSi. The largest absolute Gasteiger partial charge is 0.536 e. The fourth-order valence-corrected chi connectivity index (χ4v) is 1.80. The highest BCUT2D eigenvalue weighted by Crippen LogP contribution is 2.37. The van der Waals surface area contributed by atoms with Gasteiger partial charge in [0.1, 0.15) is 6.07 Å². The first-order valence-corrected chi connectivity index (χ1v) is 8.85. The summed E-state index contributed by atoms with van der Waals surface area (Å²) in [5, 5.41) is 9.14. The molecule has 0 N–H and O–H groups in total. The lowest BCUT2D eigenvalue weighted by Gasteiger charge is -2.35. The molecule has 0 spiro atoms. The Morgan fingerprint density at radius 1 is 1.35 bits per heavy atom. The molecule has 0 bridgehead atoms. The minimum absolute atomic E-state index is 0.103. The fraction of sp³-hybridized carbons (Fsp3) is 0.571. The van der Waals surface area contributed by atoms with E-state index in [-0.39, 0.29) is 5.04 Å². The number of nitrogens with zero attached hydrogens (tertiary/aromatic N) is 1. The predicted octanol–water partition coefficient (Wildman–Crippen LogP) is 4.54. The van der Waals surface area contributed by atoms with Crippen molar-refractivity contribution in [2.24, 2.45) is 0 Å². The topological polar surface area (TPSA) is 33.0 Å². The van der Waals surface area contributed by atoms with Crippen molar-refractivity contribution in [1.29, 1.82) is 5.26 Å². The van der Waals surface area contributed by atoms with Crippen molar-refractivity contribution < 1.29 is 4.43 Å². The maximum atomic E-state index is 9.03. The molecule has 0 aromatic carbocycles. The van der Waals surface area contributed by atoms with E-state index in [0.29, 0.717) is 5.76 Å². The van der Waals surface area contributed by atoms with Gasteiger partial charge in [-0.1, -0.05) is 27.7 Å². The van der Waals surface area contributed by atoms with Gasteiger partial charge in [-0.3, -0.25) is 0 Å². The van der Waals surface area contributed by atoms with Gasteiger partial charge >= 0.3 is 0 Å². The van der Waals surface area contributed by atoms with Crippen LogP contribution in [0.4, 0.5) is 0 Å². The van der Waals surface area contributed by atoms with Crippen LogP contribution in [0.1, 0.15) is 34.1 Å². The zero-order valence-electron chi connectivity index (χ0n) is 11.8. The monoisotopic (exact) mass is 249 g/mol. The van der Waals surface area contributed by atoms with Gasteiger partial charge in [-0.05, 0) is 42.8 Å². The van der Waals surface area contributed by atoms with Crippen molar-refractivity contribution in [2.75, 3.05) is 0 Å². The number of allylic oxidation sites excluding steroid dienone is 3. The summed E-state index contributed by atoms with van der Waals surface area (Å²) in [4.78, 5) is 0. The Bertz CT molecular complexity index is 374. The zero-order chi connectivity index (χ0) is 13.5. The van der Waals surface area contributed by atoms with Crippen LogP contribution < -0.4 is 0 Å². The van der Waals surface area contributed by atoms with Gasteiger partial charge in [-0.2, -0.15) is 5.26 Å². The van der Waals surface area contributed by atoms with Crippen LogP contribution in [-0.2, 0) is 4.43 Å².